The third kappa shape index (κ3) is 4.77. The van der Waals surface area contributed by atoms with Crippen molar-refractivity contribution in [3.8, 4) is 0 Å². The largest absolute Gasteiger partial charge is 0.369 e. The second-order valence-corrected chi connectivity index (χ2v) is 5.35. The van der Waals surface area contributed by atoms with Gasteiger partial charge in [-0.2, -0.15) is 10.1 Å². The van der Waals surface area contributed by atoms with Crippen LogP contribution >= 0.6 is 15.9 Å². The van der Waals surface area contributed by atoms with Crippen LogP contribution in [-0.2, 0) is 0 Å². The van der Waals surface area contributed by atoms with Gasteiger partial charge in [-0.15, -0.1) is 5.10 Å². The molecule has 2 aromatic rings. The lowest BCUT2D eigenvalue weighted by Gasteiger charge is -2.07. The first-order valence-corrected chi connectivity index (χ1v) is 7.53. The first kappa shape index (κ1) is 14.7. The summed E-state index contributed by atoms with van der Waals surface area (Å²) in [6, 6.07) is 7.84. The number of rotatable bonds is 7. The highest BCUT2D eigenvalue weighted by Crippen LogP contribution is 2.18. The van der Waals surface area contributed by atoms with E-state index >= 15 is 0 Å². The topological polar surface area (TPSA) is 62.7 Å². The minimum atomic E-state index is 0.489. The average molecular weight is 336 g/mol. The fraction of sp³-hybridized carbons (Fsp3) is 0.357. The van der Waals surface area contributed by atoms with E-state index in [1.54, 1.807) is 6.20 Å². The predicted octanol–water partition coefficient (Wildman–Crippen LogP) is 3.98. The summed E-state index contributed by atoms with van der Waals surface area (Å²) in [7, 11) is 0. The highest BCUT2D eigenvalue weighted by Gasteiger charge is 2.01. The maximum absolute atomic E-state index is 4.38. The smallest absolute Gasteiger partial charge is 0.249 e. The van der Waals surface area contributed by atoms with E-state index in [1.807, 2.05) is 24.3 Å². The van der Waals surface area contributed by atoms with Gasteiger partial charge in [-0.25, -0.2) is 0 Å². The molecule has 0 saturated carbocycles. The molecule has 0 aliphatic rings. The van der Waals surface area contributed by atoms with Gasteiger partial charge in [-0.3, -0.25) is 0 Å². The van der Waals surface area contributed by atoms with Crippen LogP contribution in [0.4, 0.5) is 17.5 Å². The van der Waals surface area contributed by atoms with Gasteiger partial charge in [-0.1, -0.05) is 41.8 Å². The van der Waals surface area contributed by atoms with E-state index in [0.717, 1.165) is 28.9 Å². The van der Waals surface area contributed by atoms with E-state index in [9.17, 15) is 0 Å². The van der Waals surface area contributed by atoms with Gasteiger partial charge in [-0.05, 0) is 24.6 Å². The summed E-state index contributed by atoms with van der Waals surface area (Å²) < 4.78 is 1.00. The number of halogens is 1. The number of nitrogens with zero attached hydrogens (tertiary/aromatic N) is 3. The molecule has 0 radical (unpaired) electrons. The maximum Gasteiger partial charge on any atom is 0.249 e. The Bertz CT molecular complexity index is 547. The molecule has 106 valence electrons. The Labute approximate surface area is 127 Å². The number of hydrogen-bond acceptors (Lipinski definition) is 5. The predicted molar refractivity (Wildman–Crippen MR) is 85.3 cm³/mol. The first-order chi connectivity index (χ1) is 9.78. The molecule has 6 heteroatoms. The van der Waals surface area contributed by atoms with Gasteiger partial charge in [0, 0.05) is 16.7 Å². The Morgan fingerprint density at radius 2 is 2.15 bits per heavy atom. The van der Waals surface area contributed by atoms with Crippen molar-refractivity contribution >= 4 is 33.4 Å². The molecule has 0 amide bonds. The lowest BCUT2D eigenvalue weighted by molar-refractivity contribution is 0.741. The molecular formula is C14H18BrN5. The molecule has 0 aliphatic carbocycles. The normalized spacial score (nSPS) is 10.3. The summed E-state index contributed by atoms with van der Waals surface area (Å²) in [5.74, 6) is 1.23. The molecule has 1 aromatic heterocycles. The van der Waals surface area contributed by atoms with Crippen molar-refractivity contribution in [1.82, 2.24) is 15.2 Å². The minimum Gasteiger partial charge on any atom is -0.369 e. The first-order valence-electron chi connectivity index (χ1n) is 6.74. The Morgan fingerprint density at radius 3 is 2.95 bits per heavy atom. The van der Waals surface area contributed by atoms with Crippen LogP contribution < -0.4 is 10.6 Å². The third-order valence-electron chi connectivity index (χ3n) is 2.73. The van der Waals surface area contributed by atoms with Crippen molar-refractivity contribution in [3.05, 3.63) is 34.9 Å². The van der Waals surface area contributed by atoms with Gasteiger partial charge in [0.05, 0.1) is 6.20 Å². The van der Waals surface area contributed by atoms with Crippen LogP contribution in [0.3, 0.4) is 0 Å². The van der Waals surface area contributed by atoms with Gasteiger partial charge < -0.3 is 10.6 Å². The van der Waals surface area contributed by atoms with Gasteiger partial charge in [0.2, 0.25) is 5.95 Å². The summed E-state index contributed by atoms with van der Waals surface area (Å²) in [6.07, 6.45) is 5.20. The zero-order chi connectivity index (χ0) is 14.2. The highest BCUT2D eigenvalue weighted by molar-refractivity contribution is 9.10. The molecule has 0 spiro atoms. The molecule has 1 aromatic carbocycles. The van der Waals surface area contributed by atoms with Gasteiger partial charge in [0.25, 0.3) is 0 Å². The van der Waals surface area contributed by atoms with Crippen molar-refractivity contribution in [1.29, 1.82) is 0 Å². The zero-order valence-electron chi connectivity index (χ0n) is 11.4. The summed E-state index contributed by atoms with van der Waals surface area (Å²) in [5, 5.41) is 14.3. The molecule has 1 heterocycles. The number of benzene rings is 1. The van der Waals surface area contributed by atoms with Crippen molar-refractivity contribution in [2.75, 3.05) is 17.2 Å². The molecule has 2 N–H and O–H groups in total. The molecule has 2 rings (SSSR count). The fourth-order valence-corrected chi connectivity index (χ4v) is 2.13. The third-order valence-corrected chi connectivity index (χ3v) is 3.22. The zero-order valence-corrected chi connectivity index (χ0v) is 13.0. The SMILES string of the molecule is CCCCCNc1cnnc(Nc2cccc(Br)c2)n1. The van der Waals surface area contributed by atoms with Crippen LogP contribution in [0.5, 0.6) is 0 Å². The van der Waals surface area contributed by atoms with E-state index in [1.165, 1.54) is 12.8 Å². The van der Waals surface area contributed by atoms with E-state index in [-0.39, 0.29) is 0 Å². The van der Waals surface area contributed by atoms with Crippen molar-refractivity contribution < 1.29 is 0 Å². The van der Waals surface area contributed by atoms with E-state index in [4.69, 9.17) is 0 Å². The summed E-state index contributed by atoms with van der Waals surface area (Å²) in [5.41, 5.74) is 0.921. The molecule has 5 nitrogen and oxygen atoms in total. The van der Waals surface area contributed by atoms with Crippen molar-refractivity contribution in [2.45, 2.75) is 26.2 Å². The number of hydrogen-bond donors (Lipinski definition) is 2. The van der Waals surface area contributed by atoms with Crippen LogP contribution in [0.2, 0.25) is 0 Å². The maximum atomic E-state index is 4.38. The Balaban J connectivity index is 1.95. The summed E-state index contributed by atoms with van der Waals surface area (Å²) in [6.45, 7) is 3.09. The highest BCUT2D eigenvalue weighted by atomic mass is 79.9. The van der Waals surface area contributed by atoms with Crippen molar-refractivity contribution in [3.63, 3.8) is 0 Å². The molecule has 0 saturated heterocycles. The average Bonchev–Trinajstić information content (AvgIpc) is 2.44. The number of nitrogens with one attached hydrogen (secondary N) is 2. The Morgan fingerprint density at radius 1 is 1.25 bits per heavy atom. The number of unbranched alkanes of at least 4 members (excludes halogenated alkanes) is 2. The Kier molecular flexibility index (Phi) is 5.73. The monoisotopic (exact) mass is 335 g/mol. The molecular weight excluding hydrogens is 318 g/mol. The number of aromatic nitrogens is 3. The quantitative estimate of drug-likeness (QED) is 0.749. The summed E-state index contributed by atoms with van der Waals surface area (Å²) >= 11 is 3.43. The van der Waals surface area contributed by atoms with Gasteiger partial charge in [0.15, 0.2) is 5.82 Å². The van der Waals surface area contributed by atoms with E-state index in [2.05, 4.69) is 48.7 Å². The summed E-state index contributed by atoms with van der Waals surface area (Å²) in [4.78, 5) is 4.38. The number of anilines is 3. The molecule has 0 fully saturated rings. The molecule has 0 bridgehead atoms. The fourth-order valence-electron chi connectivity index (χ4n) is 1.73. The second kappa shape index (κ2) is 7.79. The van der Waals surface area contributed by atoms with Crippen LogP contribution in [0.25, 0.3) is 0 Å². The second-order valence-electron chi connectivity index (χ2n) is 4.43. The van der Waals surface area contributed by atoms with Crippen LogP contribution in [-0.4, -0.2) is 21.7 Å². The minimum absolute atomic E-state index is 0.489. The van der Waals surface area contributed by atoms with Crippen LogP contribution in [0, 0.1) is 0 Å². The lowest BCUT2D eigenvalue weighted by Crippen LogP contribution is -2.06. The van der Waals surface area contributed by atoms with Gasteiger partial charge >= 0.3 is 0 Å². The lowest BCUT2D eigenvalue weighted by atomic mass is 10.2. The van der Waals surface area contributed by atoms with E-state index < -0.39 is 0 Å². The van der Waals surface area contributed by atoms with E-state index in [0.29, 0.717) is 5.95 Å². The molecule has 0 atom stereocenters. The Hall–Kier alpha value is -1.69. The molecule has 0 unspecified atom stereocenters. The van der Waals surface area contributed by atoms with Crippen LogP contribution in [0.1, 0.15) is 26.2 Å². The van der Waals surface area contributed by atoms with Crippen molar-refractivity contribution in [2.24, 2.45) is 0 Å². The van der Waals surface area contributed by atoms with Gasteiger partial charge in [0.1, 0.15) is 0 Å². The molecule has 20 heavy (non-hydrogen) atoms. The standard InChI is InChI=1S/C14H18BrN5/c1-2-3-4-8-16-13-10-17-20-14(19-13)18-12-7-5-6-11(15)9-12/h5-7,9-10H,2-4,8H2,1H3,(H2,16,18,19,20). The molecule has 0 aliphatic heterocycles. The van der Waals surface area contributed by atoms with Crippen LogP contribution in [0.15, 0.2) is 34.9 Å².